The topological polar surface area (TPSA) is 147 Å². The second-order valence-electron chi connectivity index (χ2n) is 19.8. The number of carbonyl (C=O) groups excluding carboxylic acids is 2. The molecule has 9 nitrogen and oxygen atoms in total. The summed E-state index contributed by atoms with van der Waals surface area (Å²) < 4.78 is 6.12. The molecular weight excluding hydrogens is 701 g/mol. The molecule has 1 amide bonds. The predicted molar refractivity (Wildman–Crippen MR) is 217 cm³/mol. The number of amides is 1. The minimum atomic E-state index is -0.823. The number of carboxylic acid groups (broad SMARTS) is 1. The van der Waals surface area contributed by atoms with Gasteiger partial charge in [-0.15, -0.1) is 6.58 Å². The Hall–Kier alpha value is -3.46. The molecule has 13 atom stereocenters. The second kappa shape index (κ2) is 14.7. The highest BCUT2D eigenvalue weighted by atomic mass is 16.5. The number of aliphatic carboxylic acids is 1. The van der Waals surface area contributed by atoms with Crippen LogP contribution in [0, 0.1) is 63.6 Å². The molecule has 1 aromatic heterocycles. The number of nitrogens with two attached hydrogens (primary N) is 1. The predicted octanol–water partition coefficient (Wildman–Crippen LogP) is 8.80. The van der Waals surface area contributed by atoms with Crippen molar-refractivity contribution in [2.24, 2.45) is 69.3 Å². The number of aromatic nitrogens is 2. The van der Waals surface area contributed by atoms with Crippen LogP contribution in [0.1, 0.15) is 130 Å². The number of H-pyrrole nitrogens is 1. The molecule has 0 bridgehead atoms. The Balaban J connectivity index is 0.00000143. The van der Waals surface area contributed by atoms with E-state index in [-0.39, 0.29) is 52.1 Å². The number of nitrogens with one attached hydrogen (secondary N) is 2. The molecule has 0 spiro atoms. The van der Waals surface area contributed by atoms with Gasteiger partial charge < -0.3 is 25.9 Å². The fraction of sp³-hybridized carbons (Fsp3) is 0.702. The van der Waals surface area contributed by atoms with Gasteiger partial charge in [0.25, 0.3) is 0 Å². The van der Waals surface area contributed by atoms with Gasteiger partial charge in [-0.2, -0.15) is 0 Å². The highest BCUT2D eigenvalue weighted by Crippen LogP contribution is 2.71. The van der Waals surface area contributed by atoms with Gasteiger partial charge in [0, 0.05) is 6.04 Å². The molecule has 9 rings (SSSR count). The van der Waals surface area contributed by atoms with E-state index in [2.05, 4.69) is 42.9 Å². The molecule has 7 fully saturated rings. The van der Waals surface area contributed by atoms with Crippen LogP contribution in [0.5, 0.6) is 0 Å². The number of fused-ring (bicyclic) bond motifs is 7. The van der Waals surface area contributed by atoms with Crippen LogP contribution in [0.4, 0.5) is 0 Å². The van der Waals surface area contributed by atoms with E-state index in [9.17, 15) is 19.5 Å². The third-order valence-corrected chi connectivity index (χ3v) is 17.5. The lowest BCUT2D eigenvalue weighted by atomic mass is 9.38. The summed E-state index contributed by atoms with van der Waals surface area (Å²) in [5.41, 5.74) is 8.81. The number of nitrogens with zero attached hydrogens (tertiary/aromatic N) is 1. The van der Waals surface area contributed by atoms with Crippen LogP contribution in [0.15, 0.2) is 49.2 Å². The zero-order valence-corrected chi connectivity index (χ0v) is 34.2. The molecule has 0 radical (unpaired) electrons. The van der Waals surface area contributed by atoms with E-state index in [0.29, 0.717) is 36.0 Å². The van der Waals surface area contributed by atoms with Gasteiger partial charge in [-0.1, -0.05) is 63.6 Å². The standard InChI is InChI=1S/C44H60N4O5.C3H6/c1-25-28(37(49)50)23-29(25)38(51)53-34-16-21-42(3)32(36(34)45)14-20-41(2)30-15-22-43(17-7-11-31(43)27(30)12-13-35(41)42)40(52)48-44(18-8-19-44)39-46-24-33(47-39)26-9-5-4-6-10-26;1-3-2/h4-6,9-10,24-25,27-32,34-36H,7-8,11-23,45H2,1-3H3,(H,46,47)(H,48,52)(H,49,50);3H,1H2,2H3. The molecule has 13 unspecified atom stereocenters. The van der Waals surface area contributed by atoms with Crippen molar-refractivity contribution < 1.29 is 24.2 Å². The minimum absolute atomic E-state index is 0.0955. The van der Waals surface area contributed by atoms with Gasteiger partial charge in [0.15, 0.2) is 0 Å². The van der Waals surface area contributed by atoms with E-state index in [1.807, 2.05) is 38.2 Å². The smallest absolute Gasteiger partial charge is 0.309 e. The summed E-state index contributed by atoms with van der Waals surface area (Å²) in [5, 5.41) is 13.1. The van der Waals surface area contributed by atoms with Gasteiger partial charge in [-0.05, 0) is 149 Å². The van der Waals surface area contributed by atoms with E-state index in [1.54, 1.807) is 6.08 Å². The molecule has 7 aliphatic carbocycles. The molecular formula is C47H66N4O5. The van der Waals surface area contributed by atoms with E-state index in [1.165, 1.54) is 12.8 Å². The average molecular weight is 767 g/mol. The van der Waals surface area contributed by atoms with E-state index >= 15 is 0 Å². The number of benzene rings is 1. The van der Waals surface area contributed by atoms with Crippen LogP contribution >= 0.6 is 0 Å². The Morgan fingerprint density at radius 1 is 0.911 bits per heavy atom. The first-order chi connectivity index (χ1) is 26.8. The van der Waals surface area contributed by atoms with Crippen LogP contribution in [0.25, 0.3) is 11.3 Å². The van der Waals surface area contributed by atoms with E-state index in [4.69, 9.17) is 15.5 Å². The number of hydrogen-bond donors (Lipinski definition) is 4. The first kappa shape index (κ1) is 39.4. The third-order valence-electron chi connectivity index (χ3n) is 17.5. The second-order valence-corrected chi connectivity index (χ2v) is 19.8. The number of carboxylic acids is 1. The maximum Gasteiger partial charge on any atom is 0.309 e. The molecule has 5 N–H and O–H groups in total. The number of ether oxygens (including phenoxy) is 1. The van der Waals surface area contributed by atoms with Gasteiger partial charge in [0.05, 0.1) is 34.7 Å². The van der Waals surface area contributed by atoms with Crippen LogP contribution in [0.2, 0.25) is 0 Å². The lowest BCUT2D eigenvalue weighted by Crippen LogP contribution is -2.65. The Morgan fingerprint density at radius 3 is 2.29 bits per heavy atom. The van der Waals surface area contributed by atoms with Crippen molar-refractivity contribution in [3.8, 4) is 11.3 Å². The summed E-state index contributed by atoms with van der Waals surface area (Å²) in [5.74, 6) is 1.62. The molecule has 1 aromatic carbocycles. The van der Waals surface area contributed by atoms with Gasteiger partial charge >= 0.3 is 11.9 Å². The molecule has 1 heterocycles. The number of imidazole rings is 1. The van der Waals surface area contributed by atoms with Crippen LogP contribution in [-0.4, -0.2) is 45.1 Å². The number of aromatic amines is 1. The van der Waals surface area contributed by atoms with Crippen molar-refractivity contribution in [3.05, 3.63) is 55.0 Å². The number of esters is 1. The van der Waals surface area contributed by atoms with Gasteiger partial charge in [-0.3, -0.25) is 14.4 Å². The fourth-order valence-corrected chi connectivity index (χ4v) is 14.3. The van der Waals surface area contributed by atoms with Crippen molar-refractivity contribution in [1.29, 1.82) is 0 Å². The Bertz CT molecular complexity index is 1810. The van der Waals surface area contributed by atoms with E-state index < -0.39 is 17.4 Å². The van der Waals surface area contributed by atoms with Gasteiger partial charge in [0.2, 0.25) is 5.91 Å². The molecule has 7 aliphatic rings. The third kappa shape index (κ3) is 6.10. The zero-order valence-electron chi connectivity index (χ0n) is 34.2. The molecule has 0 aliphatic heterocycles. The quantitative estimate of drug-likeness (QED) is 0.163. The van der Waals surface area contributed by atoms with Crippen molar-refractivity contribution in [3.63, 3.8) is 0 Å². The molecule has 7 saturated carbocycles. The van der Waals surface area contributed by atoms with Gasteiger partial charge in [0.1, 0.15) is 11.9 Å². The largest absolute Gasteiger partial charge is 0.481 e. The number of allylic oxidation sites excluding steroid dienone is 1. The molecule has 0 saturated heterocycles. The monoisotopic (exact) mass is 767 g/mol. The van der Waals surface area contributed by atoms with E-state index in [0.717, 1.165) is 94.1 Å². The highest BCUT2D eigenvalue weighted by molar-refractivity contribution is 5.84. The summed E-state index contributed by atoms with van der Waals surface area (Å²) in [7, 11) is 0. The summed E-state index contributed by atoms with van der Waals surface area (Å²) in [6, 6.07) is 10.1. The lowest BCUT2D eigenvalue weighted by Gasteiger charge is -2.67. The normalized spacial score (nSPS) is 41.7. The van der Waals surface area contributed by atoms with Crippen molar-refractivity contribution >= 4 is 17.8 Å². The SMILES string of the molecule is C=CC.CC1C(C(=O)O)CC1C(=O)OC1CCC2(C)C(CCC3(C)C4CCC5(C(=O)NC6(c7ncc(-c8ccccc8)[nH]7)CCC6)CCCC5C4CCC23)C1N. The van der Waals surface area contributed by atoms with Crippen LogP contribution in [0.3, 0.4) is 0 Å². The van der Waals surface area contributed by atoms with Crippen molar-refractivity contribution in [2.45, 2.75) is 142 Å². The molecule has 304 valence electrons. The van der Waals surface area contributed by atoms with Crippen molar-refractivity contribution in [1.82, 2.24) is 15.3 Å². The lowest BCUT2D eigenvalue weighted by molar-refractivity contribution is -0.198. The minimum Gasteiger partial charge on any atom is -0.481 e. The number of rotatable bonds is 7. The average Bonchev–Trinajstić information content (AvgIpc) is 3.83. The fourth-order valence-electron chi connectivity index (χ4n) is 14.3. The Labute approximate surface area is 333 Å². The highest BCUT2D eigenvalue weighted by Gasteiger charge is 2.66. The number of hydrogen-bond acceptors (Lipinski definition) is 6. The summed E-state index contributed by atoms with van der Waals surface area (Å²) in [6.07, 6.45) is 18.5. The number of carbonyl (C=O) groups is 3. The first-order valence-corrected chi connectivity index (χ1v) is 22.0. The zero-order chi connectivity index (χ0) is 39.6. The van der Waals surface area contributed by atoms with Crippen LogP contribution in [-0.2, 0) is 24.7 Å². The summed E-state index contributed by atoms with van der Waals surface area (Å²) in [4.78, 5) is 47.9. The maximum atomic E-state index is 14.8. The van der Waals surface area contributed by atoms with Gasteiger partial charge in [-0.25, -0.2) is 4.98 Å². The first-order valence-electron chi connectivity index (χ1n) is 22.0. The Kier molecular flexibility index (Phi) is 10.4. The molecule has 9 heteroatoms. The Morgan fingerprint density at radius 2 is 1.61 bits per heavy atom. The molecule has 2 aromatic rings. The van der Waals surface area contributed by atoms with Crippen molar-refractivity contribution in [2.75, 3.05) is 0 Å². The van der Waals surface area contributed by atoms with Crippen LogP contribution < -0.4 is 11.1 Å². The summed E-state index contributed by atoms with van der Waals surface area (Å²) in [6.45, 7) is 12.2. The molecule has 56 heavy (non-hydrogen) atoms. The maximum absolute atomic E-state index is 14.8. The summed E-state index contributed by atoms with van der Waals surface area (Å²) >= 11 is 0.